The maximum atomic E-state index is 11.2. The van der Waals surface area contributed by atoms with Crippen LogP contribution < -0.4 is 0 Å². The van der Waals surface area contributed by atoms with Gasteiger partial charge in [0.2, 0.25) is 0 Å². The summed E-state index contributed by atoms with van der Waals surface area (Å²) in [6, 6.07) is 0. The number of aldehydes is 1. The Morgan fingerprint density at radius 2 is 2.08 bits per heavy atom. The zero-order chi connectivity index (χ0) is 8.97. The fourth-order valence-corrected chi connectivity index (χ4v) is 1.77. The first kappa shape index (κ1) is 9.23. The van der Waals surface area contributed by atoms with Gasteiger partial charge in [0.1, 0.15) is 6.29 Å². The number of carbonyl (C=O) groups is 2. The van der Waals surface area contributed by atoms with Crippen molar-refractivity contribution in [3.05, 3.63) is 0 Å². The van der Waals surface area contributed by atoms with E-state index in [1.807, 2.05) is 0 Å². The number of esters is 1. The van der Waals surface area contributed by atoms with Crippen LogP contribution in [0.5, 0.6) is 0 Å². The molecule has 3 nitrogen and oxygen atoms in total. The van der Waals surface area contributed by atoms with Crippen molar-refractivity contribution in [2.75, 3.05) is 7.11 Å². The van der Waals surface area contributed by atoms with Gasteiger partial charge >= 0.3 is 5.97 Å². The number of hydrogen-bond donors (Lipinski definition) is 0. The van der Waals surface area contributed by atoms with Gasteiger partial charge < -0.3 is 9.53 Å². The summed E-state index contributed by atoms with van der Waals surface area (Å²) in [5, 5.41) is 0. The average Bonchev–Trinajstić information content (AvgIpc) is 2.16. The largest absolute Gasteiger partial charge is 0.469 e. The van der Waals surface area contributed by atoms with E-state index in [0.29, 0.717) is 0 Å². The lowest BCUT2D eigenvalue weighted by Gasteiger charge is -2.24. The fourth-order valence-electron chi connectivity index (χ4n) is 1.77. The second-order valence-electron chi connectivity index (χ2n) is 3.21. The second kappa shape index (κ2) is 4.24. The van der Waals surface area contributed by atoms with E-state index >= 15 is 0 Å². The Bertz CT molecular complexity index is 177. The van der Waals surface area contributed by atoms with Crippen molar-refractivity contribution in [1.29, 1.82) is 0 Å². The lowest BCUT2D eigenvalue weighted by molar-refractivity contribution is -0.149. The molecule has 0 heterocycles. The third-order valence-corrected chi connectivity index (χ3v) is 2.50. The summed E-state index contributed by atoms with van der Waals surface area (Å²) in [6.07, 6.45) is 4.61. The van der Waals surface area contributed by atoms with Crippen LogP contribution in [0.15, 0.2) is 0 Å². The molecule has 68 valence electrons. The van der Waals surface area contributed by atoms with E-state index in [1.165, 1.54) is 7.11 Å². The van der Waals surface area contributed by atoms with Gasteiger partial charge in [-0.05, 0) is 12.8 Å². The topological polar surface area (TPSA) is 43.4 Å². The minimum absolute atomic E-state index is 0.105. The van der Waals surface area contributed by atoms with Gasteiger partial charge in [0.25, 0.3) is 0 Å². The Morgan fingerprint density at radius 1 is 1.42 bits per heavy atom. The summed E-state index contributed by atoms with van der Waals surface area (Å²) in [6.45, 7) is 0. The van der Waals surface area contributed by atoms with Crippen LogP contribution in [0, 0.1) is 11.8 Å². The molecule has 1 aliphatic carbocycles. The van der Waals surface area contributed by atoms with E-state index in [1.54, 1.807) is 0 Å². The van der Waals surface area contributed by atoms with Crippen LogP contribution >= 0.6 is 0 Å². The lowest BCUT2D eigenvalue weighted by Crippen LogP contribution is -2.28. The van der Waals surface area contributed by atoms with Crippen molar-refractivity contribution in [2.45, 2.75) is 25.7 Å². The molecule has 3 heteroatoms. The molecule has 0 radical (unpaired) electrons. The van der Waals surface area contributed by atoms with Crippen LogP contribution in [-0.4, -0.2) is 19.4 Å². The molecule has 1 fully saturated rings. The van der Waals surface area contributed by atoms with Crippen molar-refractivity contribution in [3.8, 4) is 0 Å². The van der Waals surface area contributed by atoms with Crippen molar-refractivity contribution in [1.82, 2.24) is 0 Å². The highest BCUT2D eigenvalue weighted by Crippen LogP contribution is 2.29. The first-order valence-corrected chi connectivity index (χ1v) is 4.32. The van der Waals surface area contributed by atoms with Gasteiger partial charge in [0.05, 0.1) is 13.0 Å². The molecule has 0 saturated heterocycles. The van der Waals surface area contributed by atoms with E-state index < -0.39 is 0 Å². The molecule has 1 aliphatic rings. The highest BCUT2D eigenvalue weighted by atomic mass is 16.5. The second-order valence-corrected chi connectivity index (χ2v) is 3.21. The van der Waals surface area contributed by atoms with Gasteiger partial charge in [0.15, 0.2) is 0 Å². The van der Waals surface area contributed by atoms with E-state index in [4.69, 9.17) is 0 Å². The summed E-state index contributed by atoms with van der Waals surface area (Å²) in [7, 11) is 1.37. The van der Waals surface area contributed by atoms with Gasteiger partial charge in [-0.15, -0.1) is 0 Å². The average molecular weight is 170 g/mol. The maximum Gasteiger partial charge on any atom is 0.309 e. The molecule has 0 N–H and O–H groups in total. The van der Waals surface area contributed by atoms with Crippen LogP contribution in [0.1, 0.15) is 25.7 Å². The van der Waals surface area contributed by atoms with E-state index in [9.17, 15) is 9.59 Å². The lowest BCUT2D eigenvalue weighted by atomic mass is 9.80. The quantitative estimate of drug-likeness (QED) is 0.461. The third-order valence-electron chi connectivity index (χ3n) is 2.50. The van der Waals surface area contributed by atoms with Crippen molar-refractivity contribution < 1.29 is 14.3 Å². The molecule has 0 aromatic carbocycles. The molecule has 0 spiro atoms. The Morgan fingerprint density at radius 3 is 2.67 bits per heavy atom. The first-order chi connectivity index (χ1) is 5.79. The summed E-state index contributed by atoms with van der Waals surface area (Å²) in [4.78, 5) is 21.7. The van der Waals surface area contributed by atoms with Crippen LogP contribution in [0.4, 0.5) is 0 Å². The Hall–Kier alpha value is -0.860. The molecular weight excluding hydrogens is 156 g/mol. The minimum Gasteiger partial charge on any atom is -0.469 e. The van der Waals surface area contributed by atoms with Gasteiger partial charge in [-0.25, -0.2) is 0 Å². The van der Waals surface area contributed by atoms with Crippen LogP contribution in [0.2, 0.25) is 0 Å². The molecular formula is C9H14O3. The van der Waals surface area contributed by atoms with Crippen molar-refractivity contribution >= 4 is 12.3 Å². The predicted molar refractivity (Wildman–Crippen MR) is 43.5 cm³/mol. The van der Waals surface area contributed by atoms with Crippen molar-refractivity contribution in [3.63, 3.8) is 0 Å². The number of hydrogen-bond acceptors (Lipinski definition) is 3. The molecule has 0 aliphatic heterocycles. The van der Waals surface area contributed by atoms with E-state index in [2.05, 4.69) is 4.74 Å². The van der Waals surface area contributed by atoms with Gasteiger partial charge in [-0.2, -0.15) is 0 Å². The standard InChI is InChI=1S/C9H14O3/c1-12-9(11)8-5-3-2-4-7(8)6-10/h6-8H,2-5H2,1H3/t7-,8+/m0/s1. The van der Waals surface area contributed by atoms with E-state index in [0.717, 1.165) is 32.0 Å². The molecule has 0 unspecified atom stereocenters. The molecule has 12 heavy (non-hydrogen) atoms. The zero-order valence-electron chi connectivity index (χ0n) is 7.29. The summed E-state index contributed by atoms with van der Waals surface area (Å²) in [5.41, 5.74) is 0. The highest BCUT2D eigenvalue weighted by molar-refractivity contribution is 5.76. The molecule has 1 rings (SSSR count). The Balaban J connectivity index is 2.58. The van der Waals surface area contributed by atoms with Gasteiger partial charge in [-0.3, -0.25) is 4.79 Å². The normalized spacial score (nSPS) is 29.4. The van der Waals surface area contributed by atoms with Crippen LogP contribution in [0.3, 0.4) is 0 Å². The molecule has 0 bridgehead atoms. The highest BCUT2D eigenvalue weighted by Gasteiger charge is 2.31. The van der Waals surface area contributed by atoms with Gasteiger partial charge in [0, 0.05) is 5.92 Å². The smallest absolute Gasteiger partial charge is 0.309 e. The summed E-state index contributed by atoms with van der Waals surface area (Å²) >= 11 is 0. The van der Waals surface area contributed by atoms with Gasteiger partial charge in [-0.1, -0.05) is 12.8 Å². The SMILES string of the molecule is COC(=O)[C@@H]1CCCC[C@H]1C=O. The molecule has 0 aromatic heterocycles. The molecule has 0 aromatic rings. The monoisotopic (exact) mass is 170 g/mol. The maximum absolute atomic E-state index is 11.2. The van der Waals surface area contributed by atoms with Crippen molar-refractivity contribution in [2.24, 2.45) is 11.8 Å². The predicted octanol–water partition coefficient (Wildman–Crippen LogP) is 1.16. The molecule has 0 amide bonds. The van der Waals surface area contributed by atoms with E-state index in [-0.39, 0.29) is 17.8 Å². The Labute approximate surface area is 72.1 Å². The van der Waals surface area contributed by atoms with Crippen LogP contribution in [0.25, 0.3) is 0 Å². The third kappa shape index (κ3) is 1.84. The Kier molecular flexibility index (Phi) is 3.26. The van der Waals surface area contributed by atoms with Crippen LogP contribution in [-0.2, 0) is 14.3 Å². The fraction of sp³-hybridized carbons (Fsp3) is 0.778. The minimum atomic E-state index is -0.230. The molecule has 2 atom stereocenters. The number of ether oxygens (including phenoxy) is 1. The number of rotatable bonds is 2. The summed E-state index contributed by atoms with van der Waals surface area (Å²) < 4.78 is 4.62. The number of methoxy groups -OCH3 is 1. The summed E-state index contributed by atoms with van der Waals surface area (Å²) in [5.74, 6) is -0.515. The zero-order valence-corrected chi connectivity index (χ0v) is 7.29. The molecule has 1 saturated carbocycles. The first-order valence-electron chi connectivity index (χ1n) is 4.32. The number of carbonyl (C=O) groups excluding carboxylic acids is 2.